The summed E-state index contributed by atoms with van der Waals surface area (Å²) in [5.74, 6) is 0.931. The first-order chi connectivity index (χ1) is 8.01. The van der Waals surface area contributed by atoms with Gasteiger partial charge in [0.2, 0.25) is 0 Å². The first-order valence-corrected chi connectivity index (χ1v) is 5.47. The molecule has 0 radical (unpaired) electrons. The van der Waals surface area contributed by atoms with Crippen LogP contribution in [0.2, 0.25) is 0 Å². The highest BCUT2D eigenvalue weighted by Gasteiger charge is 2.27. The van der Waals surface area contributed by atoms with Gasteiger partial charge in [0.1, 0.15) is 19.0 Å². The Bertz CT molecular complexity index is 342. The summed E-state index contributed by atoms with van der Waals surface area (Å²) >= 11 is 5.63. The summed E-state index contributed by atoms with van der Waals surface area (Å²) in [5, 5.41) is 0. The van der Waals surface area contributed by atoms with Crippen LogP contribution in [0, 0.1) is 0 Å². The van der Waals surface area contributed by atoms with Crippen LogP contribution in [0.15, 0.2) is 24.3 Å². The molecule has 0 aromatic heterocycles. The van der Waals surface area contributed by atoms with Gasteiger partial charge < -0.3 is 9.47 Å². The van der Waals surface area contributed by atoms with Gasteiger partial charge in [0.25, 0.3) is 0 Å². The first-order valence-electron chi connectivity index (χ1n) is 4.93. The maximum Gasteiger partial charge on any atom is 0.411 e. The normalized spacial score (nSPS) is 11.5. The lowest BCUT2D eigenvalue weighted by molar-refractivity contribution is -0.175. The van der Waals surface area contributed by atoms with Gasteiger partial charge in [-0.1, -0.05) is 12.1 Å². The number of halogens is 4. The van der Waals surface area contributed by atoms with Crippen LogP contribution in [0.1, 0.15) is 5.56 Å². The van der Waals surface area contributed by atoms with Gasteiger partial charge in [-0.25, -0.2) is 0 Å². The summed E-state index contributed by atoms with van der Waals surface area (Å²) in [6.45, 7) is -1.29. The van der Waals surface area contributed by atoms with Crippen LogP contribution in [0.3, 0.4) is 0 Å². The van der Waals surface area contributed by atoms with Gasteiger partial charge in [0, 0.05) is 5.88 Å². The second-order valence-electron chi connectivity index (χ2n) is 3.30. The van der Waals surface area contributed by atoms with E-state index in [0.717, 1.165) is 5.56 Å². The van der Waals surface area contributed by atoms with E-state index in [1.165, 1.54) is 0 Å². The van der Waals surface area contributed by atoms with E-state index in [-0.39, 0.29) is 13.2 Å². The lowest BCUT2D eigenvalue weighted by Gasteiger charge is -2.09. The second-order valence-corrected chi connectivity index (χ2v) is 3.56. The number of hydrogen-bond acceptors (Lipinski definition) is 2. The Balaban J connectivity index is 2.22. The van der Waals surface area contributed by atoms with Crippen LogP contribution in [-0.2, 0) is 10.6 Å². The van der Waals surface area contributed by atoms with E-state index in [0.29, 0.717) is 11.6 Å². The molecule has 1 rings (SSSR count). The summed E-state index contributed by atoms with van der Waals surface area (Å²) in [5.41, 5.74) is 0.889. The highest BCUT2D eigenvalue weighted by atomic mass is 35.5. The van der Waals surface area contributed by atoms with Crippen molar-refractivity contribution in [3.8, 4) is 5.75 Å². The molecular formula is C11H12ClF3O2. The largest absolute Gasteiger partial charge is 0.491 e. The molecule has 0 atom stereocenters. The smallest absolute Gasteiger partial charge is 0.411 e. The molecule has 6 heteroatoms. The molecule has 0 saturated heterocycles. The van der Waals surface area contributed by atoms with Crippen LogP contribution >= 0.6 is 11.6 Å². The summed E-state index contributed by atoms with van der Waals surface area (Å²) in [6.07, 6.45) is -4.29. The van der Waals surface area contributed by atoms with Crippen molar-refractivity contribution < 1.29 is 22.6 Å². The summed E-state index contributed by atoms with van der Waals surface area (Å²) in [4.78, 5) is 0. The Morgan fingerprint density at radius 1 is 1.18 bits per heavy atom. The number of benzene rings is 1. The van der Waals surface area contributed by atoms with E-state index >= 15 is 0 Å². The van der Waals surface area contributed by atoms with Crippen molar-refractivity contribution in [1.29, 1.82) is 0 Å². The Morgan fingerprint density at radius 2 is 1.94 bits per heavy atom. The minimum Gasteiger partial charge on any atom is -0.491 e. The monoisotopic (exact) mass is 268 g/mol. The molecule has 96 valence electrons. The molecule has 0 bridgehead atoms. The van der Waals surface area contributed by atoms with Crippen molar-refractivity contribution in [2.75, 3.05) is 19.8 Å². The third-order valence-corrected chi connectivity index (χ3v) is 2.12. The van der Waals surface area contributed by atoms with Crippen molar-refractivity contribution in [3.63, 3.8) is 0 Å². The molecule has 2 nitrogen and oxygen atoms in total. The summed E-state index contributed by atoms with van der Waals surface area (Å²) < 4.78 is 44.8. The SMILES string of the molecule is FC(F)(F)COCCOc1cccc(CCl)c1. The van der Waals surface area contributed by atoms with Crippen molar-refractivity contribution in [2.45, 2.75) is 12.1 Å². The highest BCUT2D eigenvalue weighted by molar-refractivity contribution is 6.17. The quantitative estimate of drug-likeness (QED) is 0.582. The molecule has 0 aliphatic carbocycles. The third-order valence-electron chi connectivity index (χ3n) is 1.81. The fraction of sp³-hybridized carbons (Fsp3) is 0.455. The molecule has 0 spiro atoms. The van der Waals surface area contributed by atoms with Crippen LogP contribution in [0.25, 0.3) is 0 Å². The van der Waals surface area contributed by atoms with Gasteiger partial charge in [0.15, 0.2) is 0 Å². The average molecular weight is 269 g/mol. The minimum absolute atomic E-state index is 0.0712. The fourth-order valence-corrected chi connectivity index (χ4v) is 1.29. The zero-order chi connectivity index (χ0) is 12.7. The van der Waals surface area contributed by atoms with E-state index in [1.54, 1.807) is 18.2 Å². The van der Waals surface area contributed by atoms with E-state index < -0.39 is 12.8 Å². The standard InChI is InChI=1S/C11H12ClF3O2/c12-7-9-2-1-3-10(6-9)17-5-4-16-8-11(13,14)15/h1-3,6H,4-5,7-8H2. The Hall–Kier alpha value is -0.940. The van der Waals surface area contributed by atoms with Gasteiger partial charge in [-0.15, -0.1) is 11.6 Å². The van der Waals surface area contributed by atoms with E-state index in [9.17, 15) is 13.2 Å². The molecule has 0 N–H and O–H groups in total. The van der Waals surface area contributed by atoms with E-state index in [2.05, 4.69) is 4.74 Å². The Kier molecular flexibility index (Phi) is 5.58. The molecule has 0 heterocycles. The zero-order valence-electron chi connectivity index (χ0n) is 8.97. The zero-order valence-corrected chi connectivity index (χ0v) is 9.72. The Labute approximate surface area is 102 Å². The third kappa shape index (κ3) is 6.38. The molecule has 0 fully saturated rings. The molecule has 1 aromatic carbocycles. The number of hydrogen-bond donors (Lipinski definition) is 0. The van der Waals surface area contributed by atoms with Crippen LogP contribution in [0.5, 0.6) is 5.75 Å². The van der Waals surface area contributed by atoms with Crippen molar-refractivity contribution in [3.05, 3.63) is 29.8 Å². The highest BCUT2D eigenvalue weighted by Crippen LogP contribution is 2.16. The van der Waals surface area contributed by atoms with Crippen molar-refractivity contribution in [1.82, 2.24) is 0 Å². The molecule has 0 saturated carbocycles. The summed E-state index contributed by atoms with van der Waals surface area (Å²) in [7, 11) is 0. The average Bonchev–Trinajstić information content (AvgIpc) is 2.27. The van der Waals surface area contributed by atoms with Gasteiger partial charge in [-0.3, -0.25) is 0 Å². The maximum absolute atomic E-state index is 11.7. The number of alkyl halides is 4. The predicted molar refractivity (Wildman–Crippen MR) is 58.4 cm³/mol. The van der Waals surface area contributed by atoms with Crippen molar-refractivity contribution in [2.24, 2.45) is 0 Å². The van der Waals surface area contributed by atoms with Crippen molar-refractivity contribution >= 4 is 11.6 Å². The first kappa shape index (κ1) is 14.1. The minimum atomic E-state index is -4.29. The van der Waals surface area contributed by atoms with Crippen LogP contribution < -0.4 is 4.74 Å². The second kappa shape index (κ2) is 6.71. The maximum atomic E-state index is 11.7. The molecule has 1 aromatic rings. The predicted octanol–water partition coefficient (Wildman–Crippen LogP) is 3.38. The molecule has 0 aliphatic heterocycles. The van der Waals surface area contributed by atoms with Gasteiger partial charge in [-0.05, 0) is 17.7 Å². The molecule has 17 heavy (non-hydrogen) atoms. The van der Waals surface area contributed by atoms with Gasteiger partial charge in [-0.2, -0.15) is 13.2 Å². The molecule has 0 amide bonds. The van der Waals surface area contributed by atoms with E-state index in [4.69, 9.17) is 16.3 Å². The lowest BCUT2D eigenvalue weighted by atomic mass is 10.2. The van der Waals surface area contributed by atoms with Gasteiger partial charge >= 0.3 is 6.18 Å². The number of ether oxygens (including phenoxy) is 2. The van der Waals surface area contributed by atoms with Gasteiger partial charge in [0.05, 0.1) is 6.61 Å². The lowest BCUT2D eigenvalue weighted by Crippen LogP contribution is -2.19. The van der Waals surface area contributed by atoms with Crippen LogP contribution in [0.4, 0.5) is 13.2 Å². The molecule has 0 aliphatic rings. The summed E-state index contributed by atoms with van der Waals surface area (Å²) in [6, 6.07) is 7.04. The molecular weight excluding hydrogens is 257 g/mol. The fourth-order valence-electron chi connectivity index (χ4n) is 1.12. The van der Waals surface area contributed by atoms with E-state index in [1.807, 2.05) is 6.07 Å². The van der Waals surface area contributed by atoms with Crippen LogP contribution in [-0.4, -0.2) is 26.0 Å². The topological polar surface area (TPSA) is 18.5 Å². The number of rotatable bonds is 6. The molecule has 0 unspecified atom stereocenters. The Morgan fingerprint density at radius 3 is 2.59 bits per heavy atom.